The first-order valence-corrected chi connectivity index (χ1v) is 9.68. The summed E-state index contributed by atoms with van der Waals surface area (Å²) >= 11 is 0. The second kappa shape index (κ2) is 7.47. The van der Waals surface area contributed by atoms with Crippen molar-refractivity contribution in [1.82, 2.24) is 4.72 Å². The Morgan fingerprint density at radius 2 is 2.00 bits per heavy atom. The van der Waals surface area contributed by atoms with Gasteiger partial charge in [-0.1, -0.05) is 26.7 Å². The molecule has 2 rings (SSSR count). The minimum atomic E-state index is -3.46. The van der Waals surface area contributed by atoms with Crippen molar-refractivity contribution in [3.8, 4) is 5.75 Å². The third kappa shape index (κ3) is 4.23. The van der Waals surface area contributed by atoms with Crippen molar-refractivity contribution in [3.05, 3.63) is 23.8 Å². The topological polar surface area (TPSA) is 55.4 Å². The zero-order valence-electron chi connectivity index (χ0n) is 13.8. The molecule has 0 saturated heterocycles. The Morgan fingerprint density at radius 3 is 2.64 bits per heavy atom. The molecule has 0 aromatic heterocycles. The third-order valence-electron chi connectivity index (χ3n) is 4.34. The molecule has 2 atom stereocenters. The molecule has 22 heavy (non-hydrogen) atoms. The standard InChI is InChI=1S/C17H27NO3S/c1-4-11-21-17-10-9-15(12-14(17)3)22(19,20)18-16-8-6-5-7-13(16)2/h9-10,12-13,16,18H,4-8,11H2,1-3H3/t13-,16-/m1/s1. The van der Waals surface area contributed by atoms with Crippen LogP contribution < -0.4 is 9.46 Å². The van der Waals surface area contributed by atoms with E-state index in [1.807, 2.05) is 13.8 Å². The van der Waals surface area contributed by atoms with Gasteiger partial charge in [0.15, 0.2) is 0 Å². The van der Waals surface area contributed by atoms with Gasteiger partial charge in [-0.15, -0.1) is 0 Å². The highest BCUT2D eigenvalue weighted by atomic mass is 32.2. The second-order valence-corrected chi connectivity index (χ2v) is 7.98. The highest BCUT2D eigenvalue weighted by Crippen LogP contribution is 2.26. The van der Waals surface area contributed by atoms with E-state index >= 15 is 0 Å². The molecule has 5 heteroatoms. The van der Waals surface area contributed by atoms with Gasteiger partial charge in [0.25, 0.3) is 0 Å². The predicted octanol–water partition coefficient (Wildman–Crippen LogP) is 3.64. The molecule has 4 nitrogen and oxygen atoms in total. The molecule has 124 valence electrons. The Kier molecular flexibility index (Phi) is 5.87. The summed E-state index contributed by atoms with van der Waals surface area (Å²) in [4.78, 5) is 0.326. The first kappa shape index (κ1) is 17.3. The minimum absolute atomic E-state index is 0.0510. The largest absolute Gasteiger partial charge is 0.493 e. The molecule has 1 aromatic carbocycles. The van der Waals surface area contributed by atoms with Gasteiger partial charge in [0.2, 0.25) is 10.0 Å². The number of hydrogen-bond acceptors (Lipinski definition) is 3. The number of rotatable bonds is 6. The van der Waals surface area contributed by atoms with E-state index in [4.69, 9.17) is 4.74 Å². The molecule has 0 radical (unpaired) electrons. The maximum atomic E-state index is 12.6. The fraction of sp³-hybridized carbons (Fsp3) is 0.647. The maximum Gasteiger partial charge on any atom is 0.240 e. The van der Waals surface area contributed by atoms with E-state index in [0.717, 1.165) is 37.0 Å². The zero-order chi connectivity index (χ0) is 16.2. The summed E-state index contributed by atoms with van der Waals surface area (Å²) < 4.78 is 33.6. The number of benzene rings is 1. The van der Waals surface area contributed by atoms with Crippen molar-refractivity contribution in [2.45, 2.75) is 63.8 Å². The van der Waals surface area contributed by atoms with E-state index < -0.39 is 10.0 Å². The van der Waals surface area contributed by atoms with Crippen molar-refractivity contribution in [3.63, 3.8) is 0 Å². The third-order valence-corrected chi connectivity index (χ3v) is 5.82. The van der Waals surface area contributed by atoms with Crippen molar-refractivity contribution in [2.24, 2.45) is 5.92 Å². The van der Waals surface area contributed by atoms with Gasteiger partial charge in [-0.25, -0.2) is 13.1 Å². The van der Waals surface area contributed by atoms with Crippen LogP contribution in [0.2, 0.25) is 0 Å². The average Bonchev–Trinajstić information content (AvgIpc) is 2.48. The molecule has 0 amide bonds. The fourth-order valence-electron chi connectivity index (χ4n) is 2.92. The highest BCUT2D eigenvalue weighted by molar-refractivity contribution is 7.89. The fourth-order valence-corrected chi connectivity index (χ4v) is 4.39. The van der Waals surface area contributed by atoms with Crippen molar-refractivity contribution >= 4 is 10.0 Å². The van der Waals surface area contributed by atoms with Crippen LogP contribution in [0.1, 0.15) is 51.5 Å². The van der Waals surface area contributed by atoms with Crippen molar-refractivity contribution in [1.29, 1.82) is 0 Å². The van der Waals surface area contributed by atoms with Crippen LogP contribution >= 0.6 is 0 Å². The van der Waals surface area contributed by atoms with Gasteiger partial charge in [-0.05, 0) is 55.9 Å². The van der Waals surface area contributed by atoms with E-state index in [2.05, 4.69) is 11.6 Å². The van der Waals surface area contributed by atoms with E-state index in [9.17, 15) is 8.42 Å². The molecule has 1 aliphatic rings. The lowest BCUT2D eigenvalue weighted by Crippen LogP contribution is -2.40. The summed E-state index contributed by atoms with van der Waals surface area (Å²) in [6.45, 7) is 6.70. The summed E-state index contributed by atoms with van der Waals surface area (Å²) in [5, 5.41) is 0. The maximum absolute atomic E-state index is 12.6. The quantitative estimate of drug-likeness (QED) is 0.869. The van der Waals surface area contributed by atoms with Crippen LogP contribution in [0.15, 0.2) is 23.1 Å². The summed E-state index contributed by atoms with van der Waals surface area (Å²) in [7, 11) is -3.46. The molecule has 0 aliphatic heterocycles. The van der Waals surface area contributed by atoms with E-state index in [1.165, 1.54) is 6.42 Å². The number of nitrogens with one attached hydrogen (secondary N) is 1. The Balaban J connectivity index is 2.13. The molecule has 0 spiro atoms. The van der Waals surface area contributed by atoms with Gasteiger partial charge >= 0.3 is 0 Å². The summed E-state index contributed by atoms with van der Waals surface area (Å²) in [5.41, 5.74) is 0.855. The number of aryl methyl sites for hydroxylation is 1. The molecule has 1 aliphatic carbocycles. The molecular weight excluding hydrogens is 298 g/mol. The van der Waals surface area contributed by atoms with Crippen LogP contribution in [-0.4, -0.2) is 21.1 Å². The smallest absolute Gasteiger partial charge is 0.240 e. The molecule has 1 N–H and O–H groups in total. The van der Waals surface area contributed by atoms with Crippen LogP contribution in [-0.2, 0) is 10.0 Å². The number of hydrogen-bond donors (Lipinski definition) is 1. The molecule has 0 heterocycles. The van der Waals surface area contributed by atoms with Crippen LogP contribution in [0.5, 0.6) is 5.75 Å². The van der Waals surface area contributed by atoms with Gasteiger partial charge in [0.05, 0.1) is 11.5 Å². The monoisotopic (exact) mass is 325 g/mol. The Bertz CT molecular complexity index is 598. The van der Waals surface area contributed by atoms with Gasteiger partial charge in [-0.2, -0.15) is 0 Å². The summed E-state index contributed by atoms with van der Waals surface area (Å²) in [5.74, 6) is 1.16. The second-order valence-electron chi connectivity index (χ2n) is 6.27. The predicted molar refractivity (Wildman–Crippen MR) is 88.7 cm³/mol. The van der Waals surface area contributed by atoms with Crippen molar-refractivity contribution in [2.75, 3.05) is 6.61 Å². The molecular formula is C17H27NO3S. The lowest BCUT2D eigenvalue weighted by atomic mass is 9.87. The van der Waals surface area contributed by atoms with Crippen LogP contribution in [0.25, 0.3) is 0 Å². The van der Waals surface area contributed by atoms with Crippen molar-refractivity contribution < 1.29 is 13.2 Å². The lowest BCUT2D eigenvalue weighted by Gasteiger charge is -2.29. The molecule has 1 saturated carbocycles. The number of sulfonamides is 1. The minimum Gasteiger partial charge on any atom is -0.493 e. The van der Waals surface area contributed by atoms with E-state index in [-0.39, 0.29) is 6.04 Å². The first-order chi connectivity index (χ1) is 10.4. The highest BCUT2D eigenvalue weighted by Gasteiger charge is 2.27. The van der Waals surface area contributed by atoms with Crippen LogP contribution in [0, 0.1) is 12.8 Å². The molecule has 0 bridgehead atoms. The Labute approximate surface area is 134 Å². The lowest BCUT2D eigenvalue weighted by molar-refractivity contribution is 0.310. The van der Waals surface area contributed by atoms with E-state index in [1.54, 1.807) is 18.2 Å². The van der Waals surface area contributed by atoms with Gasteiger partial charge in [-0.3, -0.25) is 0 Å². The molecule has 1 fully saturated rings. The Morgan fingerprint density at radius 1 is 1.27 bits per heavy atom. The van der Waals surface area contributed by atoms with Gasteiger partial charge in [0.1, 0.15) is 5.75 Å². The normalized spacial score (nSPS) is 22.5. The Hall–Kier alpha value is -1.07. The average molecular weight is 325 g/mol. The first-order valence-electron chi connectivity index (χ1n) is 8.20. The van der Waals surface area contributed by atoms with Gasteiger partial charge in [0, 0.05) is 6.04 Å². The summed E-state index contributed by atoms with van der Waals surface area (Å²) in [6, 6.07) is 5.13. The SMILES string of the molecule is CCCOc1ccc(S(=O)(=O)N[C@@H]2CCCC[C@H]2C)cc1C. The van der Waals surface area contributed by atoms with Crippen LogP contribution in [0.3, 0.4) is 0 Å². The zero-order valence-corrected chi connectivity index (χ0v) is 14.6. The molecule has 1 aromatic rings. The summed E-state index contributed by atoms with van der Waals surface area (Å²) in [6.07, 6.45) is 5.25. The van der Waals surface area contributed by atoms with Gasteiger partial charge < -0.3 is 4.74 Å². The number of ether oxygens (including phenoxy) is 1. The molecule has 0 unspecified atom stereocenters. The van der Waals surface area contributed by atoms with Crippen LogP contribution in [0.4, 0.5) is 0 Å². The van der Waals surface area contributed by atoms with E-state index in [0.29, 0.717) is 17.4 Å².